The van der Waals surface area contributed by atoms with Crippen LogP contribution in [-0.2, 0) is 6.54 Å². The molecule has 0 atom stereocenters. The van der Waals surface area contributed by atoms with E-state index in [0.29, 0.717) is 11.4 Å². The zero-order valence-corrected chi connectivity index (χ0v) is 13.6. The molecule has 4 aromatic rings. The molecule has 1 N–H and O–H groups in total. The van der Waals surface area contributed by atoms with Gasteiger partial charge in [-0.15, -0.1) is 5.10 Å². The molecule has 3 heterocycles. The predicted octanol–water partition coefficient (Wildman–Crippen LogP) is 1.00. The Bertz CT molecular complexity index is 1080. The van der Waals surface area contributed by atoms with Crippen LogP contribution in [0.3, 0.4) is 0 Å². The number of nitrogens with one attached hydrogen (secondary N) is 1. The van der Waals surface area contributed by atoms with Gasteiger partial charge in [0.15, 0.2) is 11.6 Å². The van der Waals surface area contributed by atoms with Crippen molar-refractivity contribution in [1.82, 2.24) is 29.9 Å². The van der Waals surface area contributed by atoms with E-state index >= 15 is 0 Å². The summed E-state index contributed by atoms with van der Waals surface area (Å²) in [4.78, 5) is 28.0. The van der Waals surface area contributed by atoms with Crippen molar-refractivity contribution in [3.8, 4) is 5.82 Å². The summed E-state index contributed by atoms with van der Waals surface area (Å²) in [6.07, 6.45) is 2.87. The minimum absolute atomic E-state index is 0.216. The molecule has 4 rings (SSSR count). The van der Waals surface area contributed by atoms with Gasteiger partial charge in [0.1, 0.15) is 18.2 Å². The Balaban J connectivity index is 1.43. The number of rotatable bonds is 5. The van der Waals surface area contributed by atoms with E-state index < -0.39 is 0 Å². The fourth-order valence-corrected chi connectivity index (χ4v) is 2.50. The number of benzene rings is 1. The average Bonchev–Trinajstić information content (AvgIpc) is 3.32. The number of para-hydroxylation sites is 1. The predicted molar refractivity (Wildman–Crippen MR) is 92.0 cm³/mol. The molecule has 0 saturated heterocycles. The fraction of sp³-hybridized carbons (Fsp3) is 0.118. The summed E-state index contributed by atoms with van der Waals surface area (Å²) < 4.78 is 8.22. The van der Waals surface area contributed by atoms with Gasteiger partial charge in [-0.3, -0.25) is 9.59 Å². The Morgan fingerprint density at radius 2 is 2.08 bits per heavy atom. The SMILES string of the molecule is O=C(NCCn1nc(-n2cncn2)ccc1=O)c1cc2ccccc2o1. The maximum Gasteiger partial charge on any atom is 0.287 e. The lowest BCUT2D eigenvalue weighted by atomic mass is 10.2. The first-order valence-electron chi connectivity index (χ1n) is 7.91. The molecule has 0 bridgehead atoms. The van der Waals surface area contributed by atoms with E-state index in [0.717, 1.165) is 5.39 Å². The molecule has 0 aliphatic carbocycles. The van der Waals surface area contributed by atoms with Crippen molar-refractivity contribution >= 4 is 16.9 Å². The molecule has 0 spiro atoms. The molecule has 0 radical (unpaired) electrons. The second-order valence-electron chi connectivity index (χ2n) is 5.50. The molecule has 0 unspecified atom stereocenters. The second kappa shape index (κ2) is 6.63. The molecule has 0 aliphatic rings. The molecule has 9 nitrogen and oxygen atoms in total. The van der Waals surface area contributed by atoms with Crippen molar-refractivity contribution in [1.29, 1.82) is 0 Å². The Labute approximate surface area is 146 Å². The van der Waals surface area contributed by atoms with Gasteiger partial charge < -0.3 is 9.73 Å². The lowest BCUT2D eigenvalue weighted by Crippen LogP contribution is -2.32. The van der Waals surface area contributed by atoms with Crippen LogP contribution in [0, 0.1) is 0 Å². The molecule has 26 heavy (non-hydrogen) atoms. The van der Waals surface area contributed by atoms with Gasteiger partial charge in [0, 0.05) is 18.0 Å². The van der Waals surface area contributed by atoms with Gasteiger partial charge in [-0.1, -0.05) is 18.2 Å². The third-order valence-corrected chi connectivity index (χ3v) is 3.76. The summed E-state index contributed by atoms with van der Waals surface area (Å²) in [6, 6.07) is 12.0. The molecule has 1 aromatic carbocycles. The van der Waals surface area contributed by atoms with Crippen molar-refractivity contribution in [2.45, 2.75) is 6.54 Å². The van der Waals surface area contributed by atoms with Crippen LogP contribution in [-0.4, -0.2) is 37.0 Å². The smallest absolute Gasteiger partial charge is 0.287 e. The highest BCUT2D eigenvalue weighted by Crippen LogP contribution is 2.18. The average molecular weight is 350 g/mol. The summed E-state index contributed by atoms with van der Waals surface area (Å²) in [5.41, 5.74) is 0.378. The van der Waals surface area contributed by atoms with Gasteiger partial charge in [0.2, 0.25) is 0 Å². The topological polar surface area (TPSA) is 108 Å². The van der Waals surface area contributed by atoms with Gasteiger partial charge in [-0.2, -0.15) is 5.10 Å². The van der Waals surface area contributed by atoms with Crippen LogP contribution < -0.4 is 10.9 Å². The van der Waals surface area contributed by atoms with E-state index in [4.69, 9.17) is 4.42 Å². The van der Waals surface area contributed by atoms with E-state index in [1.165, 1.54) is 28.1 Å². The minimum Gasteiger partial charge on any atom is -0.451 e. The number of carbonyl (C=O) groups is 1. The largest absolute Gasteiger partial charge is 0.451 e. The van der Waals surface area contributed by atoms with Gasteiger partial charge >= 0.3 is 0 Å². The summed E-state index contributed by atoms with van der Waals surface area (Å²) in [6.45, 7) is 0.441. The molecule has 0 saturated carbocycles. The van der Waals surface area contributed by atoms with Gasteiger partial charge in [-0.25, -0.2) is 14.3 Å². The first kappa shape index (κ1) is 15.8. The summed E-state index contributed by atoms with van der Waals surface area (Å²) >= 11 is 0. The Morgan fingerprint density at radius 1 is 1.19 bits per heavy atom. The number of hydrogen-bond donors (Lipinski definition) is 1. The van der Waals surface area contributed by atoms with Crippen LogP contribution in [0.1, 0.15) is 10.6 Å². The van der Waals surface area contributed by atoms with Crippen LogP contribution in [0.2, 0.25) is 0 Å². The van der Waals surface area contributed by atoms with Crippen molar-refractivity contribution in [3.05, 3.63) is 71.2 Å². The molecule has 0 aliphatic heterocycles. The third kappa shape index (κ3) is 3.09. The van der Waals surface area contributed by atoms with Gasteiger partial charge in [-0.05, 0) is 18.2 Å². The molecule has 3 aromatic heterocycles. The number of amides is 1. The van der Waals surface area contributed by atoms with Gasteiger partial charge in [0.05, 0.1) is 6.54 Å². The number of aromatic nitrogens is 5. The highest BCUT2D eigenvalue weighted by Gasteiger charge is 2.11. The second-order valence-corrected chi connectivity index (χ2v) is 5.50. The van der Waals surface area contributed by atoms with Crippen molar-refractivity contribution in [2.24, 2.45) is 0 Å². The molecule has 0 fully saturated rings. The first-order valence-corrected chi connectivity index (χ1v) is 7.91. The normalized spacial score (nSPS) is 10.9. The summed E-state index contributed by atoms with van der Waals surface area (Å²) in [5, 5.41) is 11.8. The fourth-order valence-electron chi connectivity index (χ4n) is 2.50. The first-order chi connectivity index (χ1) is 12.7. The van der Waals surface area contributed by atoms with Crippen LogP contribution >= 0.6 is 0 Å². The van der Waals surface area contributed by atoms with Crippen molar-refractivity contribution < 1.29 is 9.21 Å². The van der Waals surface area contributed by atoms with Crippen molar-refractivity contribution in [3.63, 3.8) is 0 Å². The Morgan fingerprint density at radius 3 is 2.88 bits per heavy atom. The summed E-state index contributed by atoms with van der Waals surface area (Å²) in [7, 11) is 0. The van der Waals surface area contributed by atoms with Crippen LogP contribution in [0.25, 0.3) is 16.8 Å². The van der Waals surface area contributed by atoms with Crippen LogP contribution in [0.5, 0.6) is 0 Å². The quantitative estimate of drug-likeness (QED) is 0.575. The van der Waals surface area contributed by atoms with Gasteiger partial charge in [0.25, 0.3) is 11.5 Å². The zero-order chi connectivity index (χ0) is 17.9. The van der Waals surface area contributed by atoms with E-state index in [1.807, 2.05) is 18.2 Å². The zero-order valence-electron chi connectivity index (χ0n) is 13.6. The highest BCUT2D eigenvalue weighted by molar-refractivity contribution is 5.95. The molecule has 1 amide bonds. The number of fused-ring (bicyclic) bond motifs is 1. The van der Waals surface area contributed by atoms with Crippen molar-refractivity contribution in [2.75, 3.05) is 6.54 Å². The van der Waals surface area contributed by atoms with Crippen LogP contribution in [0.15, 0.2) is 64.3 Å². The number of furan rings is 1. The molecular weight excluding hydrogens is 336 g/mol. The Kier molecular flexibility index (Phi) is 4.02. The van der Waals surface area contributed by atoms with E-state index in [9.17, 15) is 9.59 Å². The number of nitrogens with zero attached hydrogens (tertiary/aromatic N) is 5. The Hall–Kier alpha value is -3.75. The third-order valence-electron chi connectivity index (χ3n) is 3.76. The molecule has 9 heteroatoms. The van der Waals surface area contributed by atoms with E-state index in [2.05, 4.69) is 20.5 Å². The summed E-state index contributed by atoms with van der Waals surface area (Å²) in [5.74, 6) is 0.343. The van der Waals surface area contributed by atoms with E-state index in [1.54, 1.807) is 18.2 Å². The minimum atomic E-state index is -0.346. The highest BCUT2D eigenvalue weighted by atomic mass is 16.3. The standard InChI is InChI=1S/C17H14N6O3/c24-16-6-5-15(23-11-18-10-20-23)21-22(16)8-7-19-17(25)14-9-12-3-1-2-4-13(12)26-14/h1-6,9-11H,7-8H2,(H,19,25). The van der Waals surface area contributed by atoms with E-state index in [-0.39, 0.29) is 30.3 Å². The monoisotopic (exact) mass is 350 g/mol. The lowest BCUT2D eigenvalue weighted by Gasteiger charge is -2.07. The molecular formula is C17H14N6O3. The lowest BCUT2D eigenvalue weighted by molar-refractivity contribution is 0.0926. The maximum atomic E-state index is 12.2. The maximum absolute atomic E-state index is 12.2. The van der Waals surface area contributed by atoms with Crippen LogP contribution in [0.4, 0.5) is 0 Å². The number of hydrogen-bond acceptors (Lipinski definition) is 6. The molecule has 130 valence electrons. The number of carbonyl (C=O) groups excluding carboxylic acids is 1.